The first-order chi connectivity index (χ1) is 8.70. The second-order valence-electron chi connectivity index (χ2n) is 5.33. The van der Waals surface area contributed by atoms with Crippen molar-refractivity contribution in [2.24, 2.45) is 5.92 Å². The molecule has 0 radical (unpaired) electrons. The molecule has 1 aromatic heterocycles. The molecule has 0 bridgehead atoms. The molecule has 0 amide bonds. The summed E-state index contributed by atoms with van der Waals surface area (Å²) < 4.78 is 0. The Balaban J connectivity index is 1.81. The monoisotopic (exact) mass is 267 g/mol. The summed E-state index contributed by atoms with van der Waals surface area (Å²) in [5.74, 6) is 0.779. The van der Waals surface area contributed by atoms with Crippen LogP contribution in [0.5, 0.6) is 0 Å². The lowest BCUT2D eigenvalue weighted by atomic mass is 9.92. The maximum atomic E-state index is 4.51. The Morgan fingerprint density at radius 3 is 3.11 bits per heavy atom. The minimum absolute atomic E-state index is 0.367. The van der Waals surface area contributed by atoms with E-state index in [0.29, 0.717) is 12.1 Å². The highest BCUT2D eigenvalue weighted by molar-refractivity contribution is 7.11. The maximum Gasteiger partial charge on any atom is 0.109 e. The summed E-state index contributed by atoms with van der Waals surface area (Å²) in [6.07, 6.45) is 5.77. The smallest absolute Gasteiger partial charge is 0.109 e. The van der Waals surface area contributed by atoms with E-state index in [1.807, 2.05) is 17.5 Å². The highest BCUT2D eigenvalue weighted by atomic mass is 32.1. The fourth-order valence-corrected chi connectivity index (χ4v) is 3.35. The lowest BCUT2D eigenvalue weighted by Gasteiger charge is -2.31. The summed E-state index contributed by atoms with van der Waals surface area (Å²) in [6.45, 7) is 8.96. The van der Waals surface area contributed by atoms with Gasteiger partial charge in [0.2, 0.25) is 0 Å². The summed E-state index contributed by atoms with van der Waals surface area (Å²) in [6, 6.07) is 0.984. The van der Waals surface area contributed by atoms with Crippen molar-refractivity contribution in [2.45, 2.75) is 52.1 Å². The predicted octanol–water partition coefficient (Wildman–Crippen LogP) is 2.74. The van der Waals surface area contributed by atoms with Gasteiger partial charge in [-0.15, -0.1) is 11.3 Å². The highest BCUT2D eigenvalue weighted by Crippen LogP contribution is 2.21. The predicted molar refractivity (Wildman–Crippen MR) is 78.1 cm³/mol. The van der Waals surface area contributed by atoms with Crippen LogP contribution in [0.25, 0.3) is 0 Å². The van der Waals surface area contributed by atoms with Gasteiger partial charge < -0.3 is 10.6 Å². The molecule has 0 spiro atoms. The first kappa shape index (κ1) is 14.0. The lowest BCUT2D eigenvalue weighted by molar-refractivity contribution is 0.284. The van der Waals surface area contributed by atoms with Gasteiger partial charge in [0, 0.05) is 23.7 Å². The summed E-state index contributed by atoms with van der Waals surface area (Å²) in [5, 5.41) is 8.45. The fourth-order valence-electron chi connectivity index (χ4n) is 2.46. The SMILES string of the molecule is CCc1cnc(C(C)NCC2NCCCC2C)s1. The Morgan fingerprint density at radius 2 is 2.44 bits per heavy atom. The van der Waals surface area contributed by atoms with Gasteiger partial charge in [0.25, 0.3) is 0 Å². The van der Waals surface area contributed by atoms with Gasteiger partial charge in [0.1, 0.15) is 5.01 Å². The van der Waals surface area contributed by atoms with E-state index in [1.165, 1.54) is 29.3 Å². The van der Waals surface area contributed by atoms with Crippen molar-refractivity contribution in [3.8, 4) is 0 Å². The van der Waals surface area contributed by atoms with Gasteiger partial charge in [-0.05, 0) is 38.6 Å². The van der Waals surface area contributed by atoms with E-state index in [9.17, 15) is 0 Å². The quantitative estimate of drug-likeness (QED) is 0.861. The number of piperidine rings is 1. The van der Waals surface area contributed by atoms with Crippen molar-refractivity contribution in [2.75, 3.05) is 13.1 Å². The van der Waals surface area contributed by atoms with Crippen LogP contribution in [-0.4, -0.2) is 24.1 Å². The van der Waals surface area contributed by atoms with Crippen LogP contribution in [0, 0.1) is 5.92 Å². The maximum absolute atomic E-state index is 4.51. The van der Waals surface area contributed by atoms with E-state index in [1.54, 1.807) is 0 Å². The van der Waals surface area contributed by atoms with Crippen molar-refractivity contribution in [3.05, 3.63) is 16.1 Å². The van der Waals surface area contributed by atoms with Crippen molar-refractivity contribution in [3.63, 3.8) is 0 Å². The molecule has 4 heteroatoms. The molecule has 1 saturated heterocycles. The first-order valence-electron chi connectivity index (χ1n) is 7.12. The standard InChI is InChI=1S/C14H25N3S/c1-4-12-8-17-14(18-12)11(3)16-9-13-10(2)6-5-7-15-13/h8,10-11,13,15-16H,4-7,9H2,1-3H3. The van der Waals surface area contributed by atoms with E-state index < -0.39 is 0 Å². The van der Waals surface area contributed by atoms with Crippen LogP contribution in [0.1, 0.15) is 49.5 Å². The Hall–Kier alpha value is -0.450. The van der Waals surface area contributed by atoms with Gasteiger partial charge in [-0.1, -0.05) is 13.8 Å². The number of thiazole rings is 1. The third kappa shape index (κ3) is 3.53. The molecule has 1 aliphatic rings. The van der Waals surface area contributed by atoms with Crippen LogP contribution in [0.3, 0.4) is 0 Å². The van der Waals surface area contributed by atoms with Crippen LogP contribution in [0.4, 0.5) is 0 Å². The Labute approximate surface area is 114 Å². The molecule has 18 heavy (non-hydrogen) atoms. The van der Waals surface area contributed by atoms with Crippen molar-refractivity contribution < 1.29 is 0 Å². The van der Waals surface area contributed by atoms with Gasteiger partial charge in [0.05, 0.1) is 6.04 Å². The average Bonchev–Trinajstić information content (AvgIpc) is 2.86. The summed E-state index contributed by atoms with van der Waals surface area (Å²) >= 11 is 1.83. The highest BCUT2D eigenvalue weighted by Gasteiger charge is 2.21. The molecule has 2 rings (SSSR count). The van der Waals surface area contributed by atoms with Crippen LogP contribution < -0.4 is 10.6 Å². The first-order valence-corrected chi connectivity index (χ1v) is 7.93. The van der Waals surface area contributed by atoms with E-state index >= 15 is 0 Å². The molecule has 3 atom stereocenters. The molecule has 1 aromatic rings. The van der Waals surface area contributed by atoms with Crippen LogP contribution in [0.2, 0.25) is 0 Å². The molecular formula is C14H25N3S. The minimum atomic E-state index is 0.367. The second kappa shape index (κ2) is 6.64. The van der Waals surface area contributed by atoms with Crippen molar-refractivity contribution >= 4 is 11.3 Å². The Kier molecular flexibility index (Phi) is 5.15. The molecule has 0 aliphatic carbocycles. The summed E-state index contributed by atoms with van der Waals surface area (Å²) in [4.78, 5) is 5.88. The number of rotatable bonds is 5. The molecule has 2 heterocycles. The third-order valence-electron chi connectivity index (χ3n) is 3.86. The summed E-state index contributed by atoms with van der Waals surface area (Å²) in [7, 11) is 0. The zero-order valence-corrected chi connectivity index (χ0v) is 12.5. The van der Waals surface area contributed by atoms with Gasteiger partial charge in [-0.2, -0.15) is 0 Å². The second-order valence-corrected chi connectivity index (χ2v) is 6.48. The van der Waals surface area contributed by atoms with Gasteiger partial charge >= 0.3 is 0 Å². The Morgan fingerprint density at radius 1 is 1.61 bits per heavy atom. The van der Waals surface area contributed by atoms with E-state index in [-0.39, 0.29) is 0 Å². The van der Waals surface area contributed by atoms with E-state index in [2.05, 4.69) is 36.4 Å². The zero-order valence-electron chi connectivity index (χ0n) is 11.7. The largest absolute Gasteiger partial charge is 0.312 e. The molecule has 3 unspecified atom stereocenters. The van der Waals surface area contributed by atoms with Crippen LogP contribution in [0.15, 0.2) is 6.20 Å². The molecule has 1 fully saturated rings. The number of aromatic nitrogens is 1. The lowest BCUT2D eigenvalue weighted by Crippen LogP contribution is -2.47. The zero-order chi connectivity index (χ0) is 13.0. The molecule has 102 valence electrons. The van der Waals surface area contributed by atoms with Crippen LogP contribution in [-0.2, 0) is 6.42 Å². The minimum Gasteiger partial charge on any atom is -0.312 e. The van der Waals surface area contributed by atoms with Gasteiger partial charge in [0.15, 0.2) is 0 Å². The molecule has 2 N–H and O–H groups in total. The normalized spacial score (nSPS) is 26.2. The summed E-state index contributed by atoms with van der Waals surface area (Å²) in [5.41, 5.74) is 0. The number of hydrogen-bond donors (Lipinski definition) is 2. The molecule has 1 aliphatic heterocycles. The molecule has 3 nitrogen and oxygen atoms in total. The van der Waals surface area contributed by atoms with Crippen molar-refractivity contribution in [1.29, 1.82) is 0 Å². The number of nitrogens with zero attached hydrogens (tertiary/aromatic N) is 1. The van der Waals surface area contributed by atoms with E-state index in [4.69, 9.17) is 0 Å². The Bertz CT molecular complexity index is 364. The fraction of sp³-hybridized carbons (Fsp3) is 0.786. The van der Waals surface area contributed by atoms with Crippen LogP contribution >= 0.6 is 11.3 Å². The number of hydrogen-bond acceptors (Lipinski definition) is 4. The molecular weight excluding hydrogens is 242 g/mol. The van der Waals surface area contributed by atoms with Gasteiger partial charge in [-0.25, -0.2) is 4.98 Å². The molecule has 0 saturated carbocycles. The van der Waals surface area contributed by atoms with Crippen molar-refractivity contribution in [1.82, 2.24) is 15.6 Å². The van der Waals surface area contributed by atoms with E-state index in [0.717, 1.165) is 18.9 Å². The molecule has 0 aromatic carbocycles. The number of nitrogens with one attached hydrogen (secondary N) is 2. The van der Waals surface area contributed by atoms with Gasteiger partial charge in [-0.3, -0.25) is 0 Å². The average molecular weight is 267 g/mol. The number of aryl methyl sites for hydroxylation is 1. The topological polar surface area (TPSA) is 37.0 Å². The third-order valence-corrected chi connectivity index (χ3v) is 5.19.